The Bertz CT molecular complexity index is 671. The highest BCUT2D eigenvalue weighted by Gasteiger charge is 2.15. The molecule has 7 heteroatoms. The van der Waals surface area contributed by atoms with Gasteiger partial charge in [-0.1, -0.05) is 0 Å². The Hall–Kier alpha value is -2.83. The molecule has 2 heterocycles. The molecule has 0 aliphatic rings. The summed E-state index contributed by atoms with van der Waals surface area (Å²) in [6.07, 6.45) is 4.66. The van der Waals surface area contributed by atoms with Gasteiger partial charge in [-0.3, -0.25) is 9.48 Å². The lowest BCUT2D eigenvalue weighted by Crippen LogP contribution is -2.15. The highest BCUT2D eigenvalue weighted by molar-refractivity contribution is 6.16. The molecule has 2 aromatic rings. The van der Waals surface area contributed by atoms with Crippen LogP contribution < -0.4 is 5.32 Å². The largest absolute Gasteiger partial charge is 0.467 e. The number of anilines is 1. The topological polar surface area (TPSA) is 86.4 Å². The fraction of sp³-hybridized carbons (Fsp3) is 0.267. The van der Waals surface area contributed by atoms with Crippen molar-refractivity contribution < 1.29 is 18.7 Å². The van der Waals surface area contributed by atoms with E-state index in [2.05, 4.69) is 10.4 Å². The van der Waals surface area contributed by atoms with Crippen molar-refractivity contribution in [2.24, 2.45) is 0 Å². The highest BCUT2D eigenvalue weighted by atomic mass is 16.5. The molecule has 22 heavy (non-hydrogen) atoms. The van der Waals surface area contributed by atoms with E-state index < -0.39 is 5.97 Å². The van der Waals surface area contributed by atoms with Crippen LogP contribution in [0.2, 0.25) is 0 Å². The third-order valence-corrected chi connectivity index (χ3v) is 2.78. The number of furan rings is 1. The summed E-state index contributed by atoms with van der Waals surface area (Å²) >= 11 is 0. The van der Waals surface area contributed by atoms with E-state index in [4.69, 9.17) is 9.15 Å². The predicted octanol–water partition coefficient (Wildman–Crippen LogP) is 1.97. The molecule has 0 spiro atoms. The van der Waals surface area contributed by atoms with Crippen LogP contribution in [0, 0.1) is 0 Å². The minimum atomic E-state index is -0.655. The van der Waals surface area contributed by atoms with Gasteiger partial charge in [0.25, 0.3) is 0 Å². The van der Waals surface area contributed by atoms with Crippen molar-refractivity contribution in [3.8, 4) is 0 Å². The van der Waals surface area contributed by atoms with Crippen LogP contribution >= 0.6 is 0 Å². The molecule has 0 atom stereocenters. The van der Waals surface area contributed by atoms with Crippen molar-refractivity contribution in [3.05, 3.63) is 48.2 Å². The Balaban J connectivity index is 2.03. The molecule has 0 aromatic carbocycles. The van der Waals surface area contributed by atoms with Crippen molar-refractivity contribution in [2.75, 3.05) is 11.9 Å². The monoisotopic (exact) mass is 303 g/mol. The number of Topliss-reactive ketones (excluding diaryl/α,β-unsaturated/α-hetero) is 1. The number of carbonyl (C=O) groups is 2. The number of rotatable bonds is 7. The molecule has 0 amide bonds. The van der Waals surface area contributed by atoms with Crippen LogP contribution in [0.3, 0.4) is 0 Å². The van der Waals surface area contributed by atoms with Crippen LogP contribution in [0.1, 0.15) is 19.6 Å². The third-order valence-electron chi connectivity index (χ3n) is 2.78. The highest BCUT2D eigenvalue weighted by Crippen LogP contribution is 2.08. The van der Waals surface area contributed by atoms with Gasteiger partial charge in [0, 0.05) is 18.5 Å². The number of aromatic nitrogens is 2. The van der Waals surface area contributed by atoms with E-state index in [-0.39, 0.29) is 18.0 Å². The van der Waals surface area contributed by atoms with Crippen molar-refractivity contribution in [3.63, 3.8) is 0 Å². The molecule has 0 fully saturated rings. The van der Waals surface area contributed by atoms with Gasteiger partial charge in [-0.15, -0.1) is 0 Å². The first-order chi connectivity index (χ1) is 10.6. The summed E-state index contributed by atoms with van der Waals surface area (Å²) in [7, 11) is 0. The van der Waals surface area contributed by atoms with Crippen LogP contribution in [0.5, 0.6) is 0 Å². The molecule has 0 saturated heterocycles. The second kappa shape index (κ2) is 7.26. The van der Waals surface area contributed by atoms with Gasteiger partial charge in [0.15, 0.2) is 11.6 Å². The smallest absolute Gasteiger partial charge is 0.343 e. The van der Waals surface area contributed by atoms with Gasteiger partial charge < -0.3 is 14.5 Å². The number of carbonyl (C=O) groups excluding carboxylic acids is 2. The van der Waals surface area contributed by atoms with Gasteiger partial charge in [-0.25, -0.2) is 4.79 Å². The number of ether oxygens (including phenoxy) is 1. The molecule has 2 aromatic heterocycles. The van der Waals surface area contributed by atoms with Crippen molar-refractivity contribution in [2.45, 2.75) is 20.4 Å². The van der Waals surface area contributed by atoms with E-state index in [0.717, 1.165) is 5.76 Å². The first-order valence-corrected chi connectivity index (χ1v) is 6.80. The fourth-order valence-corrected chi connectivity index (χ4v) is 1.75. The molecule has 116 valence electrons. The van der Waals surface area contributed by atoms with Crippen molar-refractivity contribution in [1.82, 2.24) is 9.78 Å². The van der Waals surface area contributed by atoms with Crippen LogP contribution in [-0.4, -0.2) is 28.1 Å². The minimum Gasteiger partial charge on any atom is -0.467 e. The maximum absolute atomic E-state index is 11.6. The zero-order valence-electron chi connectivity index (χ0n) is 12.4. The SMILES string of the molecule is CCOC(=O)C(=CNc1ccn(Cc2ccco2)n1)C(C)=O. The molecule has 2 rings (SSSR count). The normalized spacial score (nSPS) is 11.3. The summed E-state index contributed by atoms with van der Waals surface area (Å²) in [6.45, 7) is 3.69. The second-order valence-electron chi connectivity index (χ2n) is 4.46. The van der Waals surface area contributed by atoms with E-state index >= 15 is 0 Å². The summed E-state index contributed by atoms with van der Waals surface area (Å²) in [4.78, 5) is 23.1. The number of nitrogens with one attached hydrogen (secondary N) is 1. The lowest BCUT2D eigenvalue weighted by atomic mass is 10.2. The maximum Gasteiger partial charge on any atom is 0.343 e. The van der Waals surface area contributed by atoms with Crippen molar-refractivity contribution >= 4 is 17.6 Å². The van der Waals surface area contributed by atoms with E-state index in [0.29, 0.717) is 12.4 Å². The second-order valence-corrected chi connectivity index (χ2v) is 4.46. The van der Waals surface area contributed by atoms with Crippen LogP contribution in [0.25, 0.3) is 0 Å². The van der Waals surface area contributed by atoms with Gasteiger partial charge in [0.05, 0.1) is 19.4 Å². The lowest BCUT2D eigenvalue weighted by molar-refractivity contribution is -0.139. The van der Waals surface area contributed by atoms with Gasteiger partial charge >= 0.3 is 5.97 Å². The van der Waals surface area contributed by atoms with Crippen LogP contribution in [0.4, 0.5) is 5.82 Å². The van der Waals surface area contributed by atoms with E-state index in [1.54, 1.807) is 36.2 Å². The van der Waals surface area contributed by atoms with Gasteiger partial charge in [0.2, 0.25) is 0 Å². The molecular weight excluding hydrogens is 286 g/mol. The average molecular weight is 303 g/mol. The summed E-state index contributed by atoms with van der Waals surface area (Å²) in [6, 6.07) is 5.38. The first-order valence-electron chi connectivity index (χ1n) is 6.80. The Morgan fingerprint density at radius 1 is 1.45 bits per heavy atom. The summed E-state index contributed by atoms with van der Waals surface area (Å²) in [5.74, 6) is 0.259. The van der Waals surface area contributed by atoms with E-state index in [1.807, 2.05) is 6.07 Å². The zero-order valence-corrected chi connectivity index (χ0v) is 12.4. The zero-order chi connectivity index (χ0) is 15.9. The molecule has 0 radical (unpaired) electrons. The summed E-state index contributed by atoms with van der Waals surface area (Å²) in [5, 5.41) is 7.08. The van der Waals surface area contributed by atoms with Crippen molar-refractivity contribution in [1.29, 1.82) is 0 Å². The molecule has 0 bridgehead atoms. The number of hydrogen-bond acceptors (Lipinski definition) is 6. The average Bonchev–Trinajstić information content (AvgIpc) is 3.11. The first kappa shape index (κ1) is 15.6. The standard InChI is InChI=1S/C15H17N3O4/c1-3-21-15(20)13(11(2)19)9-16-14-6-7-18(17-14)10-12-5-4-8-22-12/h4-9H,3,10H2,1-2H3,(H,16,17). The summed E-state index contributed by atoms with van der Waals surface area (Å²) < 4.78 is 11.7. The molecule has 0 saturated carbocycles. The lowest BCUT2D eigenvalue weighted by Gasteiger charge is -2.04. The molecule has 0 aliphatic carbocycles. The quantitative estimate of drug-likeness (QED) is 0.364. The van der Waals surface area contributed by atoms with Gasteiger partial charge in [-0.2, -0.15) is 5.10 Å². The number of hydrogen-bond donors (Lipinski definition) is 1. The fourth-order valence-electron chi connectivity index (χ4n) is 1.75. The predicted molar refractivity (Wildman–Crippen MR) is 79.1 cm³/mol. The van der Waals surface area contributed by atoms with Crippen LogP contribution in [0.15, 0.2) is 46.8 Å². The molecule has 0 unspecified atom stereocenters. The van der Waals surface area contributed by atoms with Gasteiger partial charge in [0.1, 0.15) is 11.3 Å². The van der Waals surface area contributed by atoms with Crippen LogP contribution in [-0.2, 0) is 20.9 Å². The molecular formula is C15H17N3O4. The van der Waals surface area contributed by atoms with E-state index in [9.17, 15) is 9.59 Å². The summed E-state index contributed by atoms with van der Waals surface area (Å²) in [5.41, 5.74) is -0.0533. The van der Waals surface area contributed by atoms with Gasteiger partial charge in [-0.05, 0) is 26.0 Å². The number of ketones is 1. The molecule has 0 aliphatic heterocycles. The molecule has 1 N–H and O–H groups in total. The minimum absolute atomic E-state index is 0.0533. The molecule has 7 nitrogen and oxygen atoms in total. The maximum atomic E-state index is 11.6. The number of nitrogens with zero attached hydrogens (tertiary/aromatic N) is 2. The third kappa shape index (κ3) is 4.08. The van der Waals surface area contributed by atoms with E-state index in [1.165, 1.54) is 13.1 Å². The number of esters is 1. The Labute approximate surface area is 127 Å². The Morgan fingerprint density at radius 2 is 2.27 bits per heavy atom. The Morgan fingerprint density at radius 3 is 2.91 bits per heavy atom. The Kier molecular flexibility index (Phi) is 5.13.